The predicted octanol–water partition coefficient (Wildman–Crippen LogP) is 0.295. The number of primary amides is 1. The van der Waals surface area contributed by atoms with Gasteiger partial charge in [-0.25, -0.2) is 15.0 Å². The van der Waals surface area contributed by atoms with Crippen LogP contribution in [0.5, 0.6) is 0 Å². The summed E-state index contributed by atoms with van der Waals surface area (Å²) >= 11 is 0. The lowest BCUT2D eigenvalue weighted by atomic mass is 10.1. The van der Waals surface area contributed by atoms with Gasteiger partial charge in [-0.1, -0.05) is 0 Å². The summed E-state index contributed by atoms with van der Waals surface area (Å²) in [5.41, 5.74) is 6.07. The maximum atomic E-state index is 10.9. The van der Waals surface area contributed by atoms with Crippen molar-refractivity contribution in [1.29, 1.82) is 0 Å². The van der Waals surface area contributed by atoms with Crippen LogP contribution in [0.25, 0.3) is 0 Å². The van der Waals surface area contributed by atoms with Crippen molar-refractivity contribution in [2.24, 2.45) is 10.8 Å². The monoisotopic (exact) mass is 252 g/mol. The third-order valence-corrected chi connectivity index (χ3v) is 1.86. The first-order chi connectivity index (χ1) is 8.41. The van der Waals surface area contributed by atoms with Gasteiger partial charge in [0.15, 0.2) is 0 Å². The number of rotatable bonds is 4. The second kappa shape index (κ2) is 5.39. The molecule has 4 N–H and O–H groups in total. The molecule has 0 heterocycles. The highest BCUT2D eigenvalue weighted by atomic mass is 16.6. The molecule has 9 nitrogen and oxygen atoms in total. The lowest BCUT2D eigenvalue weighted by Crippen LogP contribution is -2.24. The number of carbonyl (C=O) groups is 2. The quantitative estimate of drug-likeness (QED) is 0.400. The zero-order valence-electron chi connectivity index (χ0n) is 8.86. The fraction of sp³-hybridized carbons (Fsp3) is 0. The average molecular weight is 252 g/mol. The van der Waals surface area contributed by atoms with E-state index in [2.05, 4.69) is 5.10 Å². The topological polar surface area (TPSA) is 148 Å². The maximum Gasteiger partial charge on any atom is 0.336 e. The van der Waals surface area contributed by atoms with E-state index in [4.69, 9.17) is 10.8 Å². The first kappa shape index (κ1) is 13.1. The number of nitro benzene ring substituents is 1. The SMILES string of the molecule is NC(=O)NN=Cc1ccc([N+](=O)[O-])cc1C(=O)O. The van der Waals surface area contributed by atoms with E-state index in [1.165, 1.54) is 6.07 Å². The molecule has 0 aliphatic carbocycles. The van der Waals surface area contributed by atoms with E-state index in [0.717, 1.165) is 18.3 Å². The standard InChI is InChI=1S/C9H8N4O5/c10-9(16)12-11-4-5-1-2-6(13(17)18)3-7(5)8(14)15/h1-4H,(H,14,15)(H3,10,12,16). The molecular weight excluding hydrogens is 244 g/mol. The summed E-state index contributed by atoms with van der Waals surface area (Å²) in [6.45, 7) is 0. The Labute approximate surface area is 100 Å². The van der Waals surface area contributed by atoms with Gasteiger partial charge in [0.25, 0.3) is 5.69 Å². The molecule has 94 valence electrons. The highest BCUT2D eigenvalue weighted by molar-refractivity contribution is 5.99. The molecule has 1 rings (SSSR count). The van der Waals surface area contributed by atoms with Crippen LogP contribution in [0.15, 0.2) is 23.3 Å². The fourth-order valence-corrected chi connectivity index (χ4v) is 1.12. The minimum atomic E-state index is -1.35. The van der Waals surface area contributed by atoms with Crippen LogP contribution in [0, 0.1) is 10.1 Å². The molecular formula is C9H8N4O5. The van der Waals surface area contributed by atoms with Crippen molar-refractivity contribution in [3.8, 4) is 0 Å². The molecule has 0 aliphatic rings. The van der Waals surface area contributed by atoms with Crippen molar-refractivity contribution in [1.82, 2.24) is 5.43 Å². The Morgan fingerprint density at radius 1 is 1.50 bits per heavy atom. The number of aromatic carboxylic acids is 1. The lowest BCUT2D eigenvalue weighted by molar-refractivity contribution is -0.384. The molecule has 0 unspecified atom stereocenters. The number of nitrogens with zero attached hydrogens (tertiary/aromatic N) is 2. The lowest BCUT2D eigenvalue weighted by Gasteiger charge is -2.00. The number of non-ortho nitro benzene ring substituents is 1. The number of nitrogens with one attached hydrogen (secondary N) is 1. The highest BCUT2D eigenvalue weighted by Gasteiger charge is 2.14. The van der Waals surface area contributed by atoms with E-state index in [-0.39, 0.29) is 16.8 Å². The molecule has 1 aromatic carbocycles. The largest absolute Gasteiger partial charge is 0.478 e. The number of carboxylic acids is 1. The van der Waals surface area contributed by atoms with E-state index < -0.39 is 16.9 Å². The number of benzene rings is 1. The van der Waals surface area contributed by atoms with E-state index >= 15 is 0 Å². The van der Waals surface area contributed by atoms with Crippen molar-refractivity contribution in [3.05, 3.63) is 39.4 Å². The maximum absolute atomic E-state index is 10.9. The third-order valence-electron chi connectivity index (χ3n) is 1.86. The van der Waals surface area contributed by atoms with Crippen LogP contribution in [0.4, 0.5) is 10.5 Å². The number of hydrogen-bond acceptors (Lipinski definition) is 5. The molecule has 9 heteroatoms. The van der Waals surface area contributed by atoms with Crippen LogP contribution in [-0.4, -0.2) is 28.2 Å². The molecule has 1 aromatic rings. The van der Waals surface area contributed by atoms with Gasteiger partial charge in [-0.2, -0.15) is 5.10 Å². The summed E-state index contributed by atoms with van der Waals surface area (Å²) in [6.07, 6.45) is 1.03. The summed E-state index contributed by atoms with van der Waals surface area (Å²) in [5, 5.41) is 22.8. The first-order valence-corrected chi connectivity index (χ1v) is 4.52. The number of hydrazone groups is 1. The zero-order valence-corrected chi connectivity index (χ0v) is 8.86. The molecule has 0 spiro atoms. The summed E-state index contributed by atoms with van der Waals surface area (Å²) in [4.78, 5) is 31.0. The van der Waals surface area contributed by atoms with Gasteiger partial charge < -0.3 is 10.8 Å². The van der Waals surface area contributed by atoms with Gasteiger partial charge in [-0.05, 0) is 6.07 Å². The van der Waals surface area contributed by atoms with Gasteiger partial charge in [-0.3, -0.25) is 10.1 Å². The Morgan fingerprint density at radius 3 is 2.67 bits per heavy atom. The van der Waals surface area contributed by atoms with E-state index in [1.54, 1.807) is 0 Å². The number of carbonyl (C=O) groups excluding carboxylic acids is 1. The average Bonchev–Trinajstić information content (AvgIpc) is 2.28. The number of nitrogens with two attached hydrogens (primary N) is 1. The number of nitro groups is 1. The van der Waals surface area contributed by atoms with E-state index in [1.807, 2.05) is 5.43 Å². The summed E-state index contributed by atoms with van der Waals surface area (Å²) in [6, 6.07) is 2.31. The van der Waals surface area contributed by atoms with Crippen LogP contribution in [0.1, 0.15) is 15.9 Å². The fourth-order valence-electron chi connectivity index (χ4n) is 1.12. The van der Waals surface area contributed by atoms with Gasteiger partial charge in [0.2, 0.25) is 0 Å². The minimum absolute atomic E-state index is 0.0989. The molecule has 0 bridgehead atoms. The number of urea groups is 1. The van der Waals surface area contributed by atoms with Crippen molar-refractivity contribution < 1.29 is 19.6 Å². The third kappa shape index (κ3) is 3.27. The Bertz CT molecular complexity index is 540. The molecule has 18 heavy (non-hydrogen) atoms. The van der Waals surface area contributed by atoms with Gasteiger partial charge in [0.1, 0.15) is 0 Å². The van der Waals surface area contributed by atoms with Crippen LogP contribution in [0.2, 0.25) is 0 Å². The van der Waals surface area contributed by atoms with E-state index in [0.29, 0.717) is 0 Å². The second-order valence-electron chi connectivity index (χ2n) is 3.07. The molecule has 0 radical (unpaired) electrons. The van der Waals surface area contributed by atoms with Gasteiger partial charge >= 0.3 is 12.0 Å². The Balaban J connectivity index is 3.12. The van der Waals surface area contributed by atoms with Crippen LogP contribution >= 0.6 is 0 Å². The van der Waals surface area contributed by atoms with Crippen molar-refractivity contribution in [3.63, 3.8) is 0 Å². The molecule has 0 atom stereocenters. The van der Waals surface area contributed by atoms with Crippen LogP contribution in [0.3, 0.4) is 0 Å². The Kier molecular flexibility index (Phi) is 3.92. The highest BCUT2D eigenvalue weighted by Crippen LogP contribution is 2.16. The van der Waals surface area contributed by atoms with Crippen molar-refractivity contribution in [2.75, 3.05) is 0 Å². The number of carboxylic acid groups (broad SMARTS) is 1. The summed E-state index contributed by atoms with van der Waals surface area (Å²) in [5.74, 6) is -1.35. The van der Waals surface area contributed by atoms with Gasteiger partial charge in [0.05, 0.1) is 16.7 Å². The summed E-state index contributed by atoms with van der Waals surface area (Å²) in [7, 11) is 0. The molecule has 0 fully saturated rings. The molecule has 2 amide bonds. The zero-order chi connectivity index (χ0) is 13.7. The Hall–Kier alpha value is -2.97. The van der Waals surface area contributed by atoms with E-state index in [9.17, 15) is 19.7 Å². The van der Waals surface area contributed by atoms with Crippen molar-refractivity contribution in [2.45, 2.75) is 0 Å². The normalized spacial score (nSPS) is 10.2. The molecule has 0 aliphatic heterocycles. The Morgan fingerprint density at radius 2 is 2.17 bits per heavy atom. The first-order valence-electron chi connectivity index (χ1n) is 4.52. The van der Waals surface area contributed by atoms with Crippen LogP contribution in [-0.2, 0) is 0 Å². The molecule has 0 saturated carbocycles. The summed E-state index contributed by atoms with van der Waals surface area (Å²) < 4.78 is 0. The predicted molar refractivity (Wildman–Crippen MR) is 60.4 cm³/mol. The second-order valence-corrected chi connectivity index (χ2v) is 3.07. The number of hydrogen-bond donors (Lipinski definition) is 3. The minimum Gasteiger partial charge on any atom is -0.478 e. The van der Waals surface area contributed by atoms with Gasteiger partial charge in [-0.15, -0.1) is 0 Å². The van der Waals surface area contributed by atoms with Gasteiger partial charge in [0, 0.05) is 17.7 Å². The number of amides is 2. The van der Waals surface area contributed by atoms with Crippen LogP contribution < -0.4 is 11.2 Å². The molecule has 0 saturated heterocycles. The smallest absolute Gasteiger partial charge is 0.336 e. The van der Waals surface area contributed by atoms with Crippen molar-refractivity contribution >= 4 is 23.9 Å². The molecule has 0 aromatic heterocycles.